The zero-order chi connectivity index (χ0) is 24.0. The van der Waals surface area contributed by atoms with Gasteiger partial charge in [-0.2, -0.15) is 13.2 Å². The van der Waals surface area contributed by atoms with Crippen LogP contribution in [-0.4, -0.2) is 45.0 Å². The van der Waals surface area contributed by atoms with Gasteiger partial charge in [0.05, 0.1) is 6.54 Å². The normalized spacial score (nSPS) is 15.2. The highest BCUT2D eigenvalue weighted by molar-refractivity contribution is 5.73. The first-order valence-electron chi connectivity index (χ1n) is 10.4. The average molecular weight is 462 g/mol. The largest absolute Gasteiger partial charge is 0.490 e. The molecule has 1 aliphatic rings. The Morgan fingerprint density at radius 3 is 2.55 bits per heavy atom. The number of carbonyl (C=O) groups is 1. The molecule has 1 aliphatic heterocycles. The first-order valence-corrected chi connectivity index (χ1v) is 10.4. The summed E-state index contributed by atoms with van der Waals surface area (Å²) in [5, 5.41) is 7.12. The minimum Gasteiger partial charge on any atom is -0.475 e. The topological polar surface area (TPSA) is 80.4 Å². The standard InChI is InChI=1S/C21H24N4O.C2HF3O2/c1-23(14-18-10-11-19-22-12-13-24(19)15-18)20-8-5-9-21(26)25(20)16-17-6-3-2-4-7-17;3-2(4,5)1(6)7/h2-9,12-13,18H,10-11,14-16H2,1H3;(H,6,7). The quantitative estimate of drug-likeness (QED) is 0.629. The molecule has 176 valence electrons. The van der Waals surface area contributed by atoms with Gasteiger partial charge in [-0.1, -0.05) is 36.4 Å². The maximum absolute atomic E-state index is 12.5. The molecule has 33 heavy (non-hydrogen) atoms. The van der Waals surface area contributed by atoms with E-state index in [0.29, 0.717) is 12.5 Å². The number of benzene rings is 1. The molecular weight excluding hydrogens is 437 g/mol. The van der Waals surface area contributed by atoms with Crippen LogP contribution in [-0.2, 0) is 24.3 Å². The van der Waals surface area contributed by atoms with Gasteiger partial charge in [-0.3, -0.25) is 9.36 Å². The number of halogens is 3. The van der Waals surface area contributed by atoms with Crippen LogP contribution in [0.4, 0.5) is 19.0 Å². The molecule has 0 spiro atoms. The number of rotatable bonds is 5. The van der Waals surface area contributed by atoms with E-state index >= 15 is 0 Å². The van der Waals surface area contributed by atoms with Crippen molar-refractivity contribution >= 4 is 11.8 Å². The van der Waals surface area contributed by atoms with Crippen LogP contribution in [0.2, 0.25) is 0 Å². The molecule has 0 radical (unpaired) electrons. The van der Waals surface area contributed by atoms with Crippen molar-refractivity contribution in [1.29, 1.82) is 0 Å². The van der Waals surface area contributed by atoms with Crippen LogP contribution in [0.5, 0.6) is 0 Å². The lowest BCUT2D eigenvalue weighted by atomic mass is 9.99. The number of imidazole rings is 1. The van der Waals surface area contributed by atoms with E-state index in [0.717, 1.165) is 37.3 Å². The molecule has 10 heteroatoms. The molecule has 0 bridgehead atoms. The van der Waals surface area contributed by atoms with Gasteiger partial charge in [0.25, 0.3) is 5.56 Å². The van der Waals surface area contributed by atoms with Crippen molar-refractivity contribution in [3.63, 3.8) is 0 Å². The summed E-state index contributed by atoms with van der Waals surface area (Å²) in [7, 11) is 2.08. The number of pyridine rings is 1. The van der Waals surface area contributed by atoms with Crippen LogP contribution in [0, 0.1) is 5.92 Å². The van der Waals surface area contributed by atoms with Crippen LogP contribution < -0.4 is 10.5 Å². The zero-order valence-electron chi connectivity index (χ0n) is 18.1. The predicted octanol–water partition coefficient (Wildman–Crippen LogP) is 3.43. The van der Waals surface area contributed by atoms with Crippen LogP contribution in [0.15, 0.2) is 65.7 Å². The molecule has 4 rings (SSSR count). The van der Waals surface area contributed by atoms with Gasteiger partial charge in [-0.05, 0) is 24.0 Å². The van der Waals surface area contributed by atoms with E-state index < -0.39 is 12.1 Å². The highest BCUT2D eigenvalue weighted by atomic mass is 19.4. The summed E-state index contributed by atoms with van der Waals surface area (Å²) in [6.07, 6.45) is 1.03. The van der Waals surface area contributed by atoms with Gasteiger partial charge < -0.3 is 14.6 Å². The summed E-state index contributed by atoms with van der Waals surface area (Å²) < 4.78 is 35.9. The van der Waals surface area contributed by atoms with Crippen LogP contribution >= 0.6 is 0 Å². The van der Waals surface area contributed by atoms with Gasteiger partial charge in [-0.25, -0.2) is 9.78 Å². The Hall–Kier alpha value is -3.56. The zero-order valence-corrected chi connectivity index (χ0v) is 18.1. The van der Waals surface area contributed by atoms with Crippen molar-refractivity contribution in [2.45, 2.75) is 32.1 Å². The van der Waals surface area contributed by atoms with E-state index in [1.54, 1.807) is 6.07 Å². The molecule has 0 fully saturated rings. The number of fused-ring (bicyclic) bond motifs is 1. The van der Waals surface area contributed by atoms with Gasteiger partial charge in [0.2, 0.25) is 0 Å². The summed E-state index contributed by atoms with van der Waals surface area (Å²) in [6.45, 7) is 2.52. The highest BCUT2D eigenvalue weighted by Crippen LogP contribution is 2.22. The van der Waals surface area contributed by atoms with Gasteiger partial charge >= 0.3 is 12.1 Å². The van der Waals surface area contributed by atoms with E-state index in [1.165, 1.54) is 5.82 Å². The van der Waals surface area contributed by atoms with Gasteiger partial charge in [0.1, 0.15) is 11.6 Å². The maximum Gasteiger partial charge on any atom is 0.490 e. The van der Waals surface area contributed by atoms with E-state index in [1.807, 2.05) is 41.1 Å². The van der Waals surface area contributed by atoms with E-state index in [9.17, 15) is 18.0 Å². The molecule has 0 saturated heterocycles. The molecular formula is C23H25F3N4O3. The lowest BCUT2D eigenvalue weighted by Gasteiger charge is -2.30. The Kier molecular flexibility index (Phi) is 7.57. The Labute approximate surface area is 188 Å². The Morgan fingerprint density at radius 1 is 1.18 bits per heavy atom. The fourth-order valence-corrected chi connectivity index (χ4v) is 3.83. The van der Waals surface area contributed by atoms with Crippen molar-refractivity contribution in [3.05, 3.63) is 82.7 Å². The molecule has 3 aromatic rings. The van der Waals surface area contributed by atoms with E-state index in [4.69, 9.17) is 9.90 Å². The molecule has 2 aromatic heterocycles. The summed E-state index contributed by atoms with van der Waals surface area (Å²) in [4.78, 5) is 28.0. The van der Waals surface area contributed by atoms with Crippen LogP contribution in [0.25, 0.3) is 0 Å². The van der Waals surface area contributed by atoms with Gasteiger partial charge in [0.15, 0.2) is 0 Å². The minimum atomic E-state index is -5.08. The number of alkyl halides is 3. The van der Waals surface area contributed by atoms with Crippen molar-refractivity contribution < 1.29 is 23.1 Å². The molecule has 1 N–H and O–H groups in total. The number of carboxylic acid groups (broad SMARTS) is 1. The fourth-order valence-electron chi connectivity index (χ4n) is 3.83. The second-order valence-electron chi connectivity index (χ2n) is 7.88. The number of nitrogens with zero attached hydrogens (tertiary/aromatic N) is 4. The first-order chi connectivity index (χ1) is 15.6. The first kappa shape index (κ1) is 24.1. The van der Waals surface area contributed by atoms with Crippen molar-refractivity contribution in [1.82, 2.24) is 14.1 Å². The molecule has 1 atom stereocenters. The molecule has 7 nitrogen and oxygen atoms in total. The van der Waals surface area contributed by atoms with Crippen molar-refractivity contribution in [2.24, 2.45) is 5.92 Å². The van der Waals surface area contributed by atoms with E-state index in [2.05, 4.69) is 39.8 Å². The Balaban J connectivity index is 0.000000383. The second kappa shape index (κ2) is 10.4. The summed E-state index contributed by atoms with van der Waals surface area (Å²) in [5.74, 6) is -0.0444. The predicted molar refractivity (Wildman–Crippen MR) is 117 cm³/mol. The van der Waals surface area contributed by atoms with E-state index in [-0.39, 0.29) is 5.56 Å². The second-order valence-corrected chi connectivity index (χ2v) is 7.88. The molecule has 3 heterocycles. The minimum absolute atomic E-state index is 0.0405. The molecule has 0 amide bonds. The lowest BCUT2D eigenvalue weighted by molar-refractivity contribution is -0.192. The molecule has 0 saturated carbocycles. The number of hydrogen-bond acceptors (Lipinski definition) is 4. The summed E-state index contributed by atoms with van der Waals surface area (Å²) in [6, 6.07) is 15.7. The van der Waals surface area contributed by atoms with Crippen molar-refractivity contribution in [2.75, 3.05) is 18.5 Å². The smallest absolute Gasteiger partial charge is 0.475 e. The maximum atomic E-state index is 12.5. The van der Waals surface area contributed by atoms with Gasteiger partial charge in [-0.15, -0.1) is 0 Å². The Bertz CT molecular complexity index is 1130. The monoisotopic (exact) mass is 462 g/mol. The number of aliphatic carboxylic acids is 1. The third kappa shape index (κ3) is 6.47. The summed E-state index contributed by atoms with van der Waals surface area (Å²) in [5.41, 5.74) is 1.18. The summed E-state index contributed by atoms with van der Waals surface area (Å²) >= 11 is 0. The average Bonchev–Trinajstić information content (AvgIpc) is 3.23. The molecule has 0 aliphatic carbocycles. The SMILES string of the molecule is CN(CC1CCc2nccn2C1)c1cccc(=O)n1Cc1ccccc1.O=C(O)C(F)(F)F. The number of hydrogen-bond donors (Lipinski definition) is 1. The lowest BCUT2D eigenvalue weighted by Crippen LogP contribution is -2.35. The van der Waals surface area contributed by atoms with Crippen LogP contribution in [0.3, 0.4) is 0 Å². The number of anilines is 1. The number of carboxylic acids is 1. The Morgan fingerprint density at radius 2 is 1.88 bits per heavy atom. The third-order valence-electron chi connectivity index (χ3n) is 5.41. The molecule has 1 aromatic carbocycles. The molecule has 1 unspecified atom stereocenters. The van der Waals surface area contributed by atoms with Crippen molar-refractivity contribution in [3.8, 4) is 0 Å². The number of aryl methyl sites for hydroxylation is 1. The number of aromatic nitrogens is 3. The van der Waals surface area contributed by atoms with Gasteiger partial charge in [0, 0.05) is 45.0 Å². The fraction of sp³-hybridized carbons (Fsp3) is 0.348. The highest BCUT2D eigenvalue weighted by Gasteiger charge is 2.38. The van der Waals surface area contributed by atoms with Crippen LogP contribution in [0.1, 0.15) is 17.8 Å². The third-order valence-corrected chi connectivity index (χ3v) is 5.41.